The van der Waals surface area contributed by atoms with Gasteiger partial charge in [-0.2, -0.15) is 0 Å². The number of hydrogen-bond donors (Lipinski definition) is 0. The minimum atomic E-state index is 0.153. The highest BCUT2D eigenvalue weighted by Crippen LogP contribution is 2.50. The first-order chi connectivity index (χ1) is 26.7. The minimum absolute atomic E-state index is 0.153. The van der Waals surface area contributed by atoms with Gasteiger partial charge in [0, 0.05) is 33.4 Å². The molecular weight excluding hydrogens is 659 g/mol. The quantitative estimate of drug-likeness (QED) is 0.180. The van der Waals surface area contributed by atoms with Crippen molar-refractivity contribution in [2.24, 2.45) is 0 Å². The largest absolute Gasteiger partial charge is 0.456 e. The molecule has 11 rings (SSSR count). The molecule has 10 aromatic rings. The lowest BCUT2D eigenvalue weighted by Gasteiger charge is -2.16. The molecule has 1 aliphatic carbocycles. The Morgan fingerprint density at radius 2 is 0.981 bits per heavy atom. The van der Waals surface area contributed by atoms with Crippen molar-refractivity contribution < 1.29 is 4.42 Å². The number of aromatic nitrogens is 3. The van der Waals surface area contributed by atoms with Crippen LogP contribution in [0.4, 0.5) is 0 Å². The van der Waals surface area contributed by atoms with E-state index >= 15 is 0 Å². The molecule has 0 saturated heterocycles. The Balaban J connectivity index is 1.02. The van der Waals surface area contributed by atoms with Gasteiger partial charge in [-0.05, 0) is 80.0 Å². The van der Waals surface area contributed by atoms with Gasteiger partial charge in [-0.25, -0.2) is 15.0 Å². The third-order valence-electron chi connectivity index (χ3n) is 10.8. The topological polar surface area (TPSA) is 51.8 Å². The van der Waals surface area contributed by atoms with Gasteiger partial charge in [-0.1, -0.05) is 152 Å². The summed E-state index contributed by atoms with van der Waals surface area (Å²) >= 11 is 0. The van der Waals surface area contributed by atoms with Gasteiger partial charge in [0.1, 0.15) is 11.2 Å². The van der Waals surface area contributed by atoms with E-state index in [2.05, 4.69) is 109 Å². The molecule has 0 fully saturated rings. The van der Waals surface area contributed by atoms with Crippen molar-refractivity contribution in [3.05, 3.63) is 199 Å². The van der Waals surface area contributed by atoms with Crippen LogP contribution in [0.15, 0.2) is 186 Å². The van der Waals surface area contributed by atoms with Crippen LogP contribution in [0.25, 0.3) is 89.1 Å². The van der Waals surface area contributed by atoms with Crippen molar-refractivity contribution in [3.8, 4) is 56.4 Å². The van der Waals surface area contributed by atoms with E-state index in [1.165, 1.54) is 38.6 Å². The number of fused-ring (bicyclic) bond motifs is 7. The molecule has 0 radical (unpaired) electrons. The smallest absolute Gasteiger partial charge is 0.164 e. The number of hydrogen-bond acceptors (Lipinski definition) is 4. The molecule has 8 aromatic carbocycles. The molecule has 0 amide bonds. The Morgan fingerprint density at radius 1 is 0.370 bits per heavy atom. The summed E-state index contributed by atoms with van der Waals surface area (Å²) in [6, 6.07) is 64.1. The molecule has 1 aliphatic rings. The van der Waals surface area contributed by atoms with Crippen molar-refractivity contribution in [1.82, 2.24) is 15.0 Å². The summed E-state index contributed by atoms with van der Waals surface area (Å²) < 4.78 is 6.60. The maximum Gasteiger partial charge on any atom is 0.164 e. The van der Waals surface area contributed by atoms with Gasteiger partial charge in [0.2, 0.25) is 0 Å². The highest BCUT2D eigenvalue weighted by molar-refractivity contribution is 6.12. The first-order valence-electron chi connectivity index (χ1n) is 18.3. The lowest BCUT2D eigenvalue weighted by atomic mass is 9.87. The van der Waals surface area contributed by atoms with E-state index in [-0.39, 0.29) is 5.92 Å². The summed E-state index contributed by atoms with van der Waals surface area (Å²) in [6.07, 6.45) is 0. The minimum Gasteiger partial charge on any atom is -0.456 e. The molecule has 0 N–H and O–H groups in total. The van der Waals surface area contributed by atoms with Crippen LogP contribution in [-0.2, 0) is 0 Å². The van der Waals surface area contributed by atoms with E-state index in [0.29, 0.717) is 17.5 Å². The normalized spacial score (nSPS) is 13.4. The van der Waals surface area contributed by atoms with Gasteiger partial charge >= 0.3 is 0 Å². The molecule has 0 bridgehead atoms. The van der Waals surface area contributed by atoms with Crippen LogP contribution < -0.4 is 0 Å². The van der Waals surface area contributed by atoms with Gasteiger partial charge < -0.3 is 4.42 Å². The molecule has 0 aliphatic heterocycles. The Kier molecular flexibility index (Phi) is 6.89. The summed E-state index contributed by atoms with van der Waals surface area (Å²) in [5.41, 5.74) is 13.3. The molecule has 2 aromatic heterocycles. The molecule has 2 heterocycles. The third kappa shape index (κ3) is 4.96. The monoisotopic (exact) mass is 689 g/mol. The average Bonchev–Trinajstić information content (AvgIpc) is 3.78. The molecule has 1 atom stereocenters. The van der Waals surface area contributed by atoms with Crippen LogP contribution in [0.1, 0.15) is 22.6 Å². The Hall–Kier alpha value is -7.17. The van der Waals surface area contributed by atoms with Crippen molar-refractivity contribution >= 4 is 32.7 Å². The van der Waals surface area contributed by atoms with Crippen LogP contribution in [0, 0.1) is 0 Å². The number of rotatable bonds is 5. The summed E-state index contributed by atoms with van der Waals surface area (Å²) in [6.45, 7) is 0. The highest BCUT2D eigenvalue weighted by atomic mass is 16.3. The lowest BCUT2D eigenvalue weighted by Crippen LogP contribution is -2.00. The number of nitrogens with zero attached hydrogens (tertiary/aromatic N) is 3. The Labute approximate surface area is 312 Å². The van der Waals surface area contributed by atoms with E-state index in [9.17, 15) is 0 Å². The molecule has 1 unspecified atom stereocenters. The first-order valence-corrected chi connectivity index (χ1v) is 18.3. The fourth-order valence-corrected chi connectivity index (χ4v) is 8.27. The maximum absolute atomic E-state index is 6.60. The average molecular weight is 690 g/mol. The molecule has 0 saturated carbocycles. The van der Waals surface area contributed by atoms with Crippen molar-refractivity contribution in [2.75, 3.05) is 0 Å². The predicted octanol–water partition coefficient (Wildman–Crippen LogP) is 12.8. The fraction of sp³-hybridized carbons (Fsp3) is 0.0200. The Bertz CT molecular complexity index is 3000. The zero-order chi connectivity index (χ0) is 35.6. The molecule has 4 heteroatoms. The summed E-state index contributed by atoms with van der Waals surface area (Å²) in [7, 11) is 0. The van der Waals surface area contributed by atoms with Crippen LogP contribution in [0.2, 0.25) is 0 Å². The van der Waals surface area contributed by atoms with E-state index in [1.54, 1.807) is 0 Å². The van der Waals surface area contributed by atoms with Gasteiger partial charge in [-0.15, -0.1) is 0 Å². The standard InChI is InChI=1S/C50H31N3O/c1-3-13-31(14-4-1)48-51-49(32-15-5-2-6-16-32)53-50(52-48)41-23-12-24-44-47(41)40-26-25-36(30-45(40)54-44)33-19-11-20-37(27-33)46-39-22-10-9-21-38(39)42-28-34-17-7-8-18-35(34)29-43(42)46/h1-30,46H. The molecule has 0 spiro atoms. The molecule has 54 heavy (non-hydrogen) atoms. The van der Waals surface area contributed by atoms with E-state index < -0.39 is 0 Å². The fourth-order valence-electron chi connectivity index (χ4n) is 8.27. The van der Waals surface area contributed by atoms with Gasteiger partial charge in [-0.3, -0.25) is 0 Å². The van der Waals surface area contributed by atoms with Crippen molar-refractivity contribution in [1.29, 1.82) is 0 Å². The van der Waals surface area contributed by atoms with E-state index in [1.807, 2.05) is 72.8 Å². The van der Waals surface area contributed by atoms with Crippen molar-refractivity contribution in [2.45, 2.75) is 5.92 Å². The zero-order valence-electron chi connectivity index (χ0n) is 29.1. The molecule has 4 nitrogen and oxygen atoms in total. The van der Waals surface area contributed by atoms with Gasteiger partial charge in [0.05, 0.1) is 0 Å². The molecule has 252 valence electrons. The third-order valence-corrected chi connectivity index (χ3v) is 10.8. The van der Waals surface area contributed by atoms with Gasteiger partial charge in [0.25, 0.3) is 0 Å². The van der Waals surface area contributed by atoms with E-state index in [4.69, 9.17) is 19.4 Å². The predicted molar refractivity (Wildman–Crippen MR) is 219 cm³/mol. The summed E-state index contributed by atoms with van der Waals surface area (Å²) in [4.78, 5) is 15.0. The van der Waals surface area contributed by atoms with Crippen molar-refractivity contribution in [3.63, 3.8) is 0 Å². The highest BCUT2D eigenvalue weighted by Gasteiger charge is 2.30. The number of benzene rings is 8. The van der Waals surface area contributed by atoms with Crippen LogP contribution in [-0.4, -0.2) is 15.0 Å². The Morgan fingerprint density at radius 3 is 1.76 bits per heavy atom. The SMILES string of the molecule is c1ccc(-c2nc(-c3ccccc3)nc(-c3cccc4oc5cc(-c6cccc(C7c8ccccc8-c8cc9ccccc9cc87)c6)ccc5c34)n2)cc1. The first kappa shape index (κ1) is 30.5. The number of furan rings is 1. The van der Waals surface area contributed by atoms with Crippen LogP contribution in [0.5, 0.6) is 0 Å². The second kappa shape index (κ2) is 12.2. The summed E-state index contributed by atoms with van der Waals surface area (Å²) in [5, 5.41) is 4.55. The lowest BCUT2D eigenvalue weighted by molar-refractivity contribution is 0.669. The van der Waals surface area contributed by atoms with Gasteiger partial charge in [0.15, 0.2) is 17.5 Å². The van der Waals surface area contributed by atoms with Crippen LogP contribution >= 0.6 is 0 Å². The maximum atomic E-state index is 6.60. The second-order valence-corrected chi connectivity index (χ2v) is 14.0. The molecular formula is C50H31N3O. The van der Waals surface area contributed by atoms with E-state index in [0.717, 1.165) is 49.8 Å². The summed E-state index contributed by atoms with van der Waals surface area (Å²) in [5.74, 6) is 2.03. The second-order valence-electron chi connectivity index (χ2n) is 14.0. The van der Waals surface area contributed by atoms with Crippen LogP contribution in [0.3, 0.4) is 0 Å². The zero-order valence-corrected chi connectivity index (χ0v) is 29.1.